The Morgan fingerprint density at radius 3 is 2.33 bits per heavy atom. The van der Waals surface area contributed by atoms with E-state index in [1.54, 1.807) is 12.3 Å². The van der Waals surface area contributed by atoms with Gasteiger partial charge in [-0.1, -0.05) is 18.2 Å². The first-order valence-electron chi connectivity index (χ1n) is 5.94. The van der Waals surface area contributed by atoms with E-state index in [1.165, 1.54) is 0 Å². The standard InChI is InChI=1S/C15H17NO2/c1-10-5-4-6-11(2)15(10)16-8-13(9-17)14(18)7-12(16)3/h4-8,17H,9H2,1-3H3. The molecule has 0 radical (unpaired) electrons. The fourth-order valence-electron chi connectivity index (χ4n) is 2.22. The van der Waals surface area contributed by atoms with E-state index in [4.69, 9.17) is 0 Å². The minimum atomic E-state index is -0.232. The van der Waals surface area contributed by atoms with Crippen molar-refractivity contribution in [1.29, 1.82) is 0 Å². The minimum absolute atomic E-state index is 0.113. The molecule has 0 aliphatic rings. The van der Waals surface area contributed by atoms with E-state index in [-0.39, 0.29) is 12.0 Å². The quantitative estimate of drug-likeness (QED) is 0.879. The molecule has 2 aromatic rings. The summed E-state index contributed by atoms with van der Waals surface area (Å²) in [5, 5.41) is 9.21. The van der Waals surface area contributed by atoms with Crippen molar-refractivity contribution in [2.45, 2.75) is 27.4 Å². The molecule has 0 aliphatic carbocycles. The molecular weight excluding hydrogens is 226 g/mol. The Hall–Kier alpha value is -1.87. The van der Waals surface area contributed by atoms with Crippen LogP contribution in [0.25, 0.3) is 5.69 Å². The van der Waals surface area contributed by atoms with Crippen LogP contribution in [0.3, 0.4) is 0 Å². The molecule has 1 aromatic heterocycles. The second kappa shape index (κ2) is 4.78. The highest BCUT2D eigenvalue weighted by Gasteiger charge is 2.08. The van der Waals surface area contributed by atoms with Crippen LogP contribution in [0.5, 0.6) is 0 Å². The van der Waals surface area contributed by atoms with E-state index in [1.807, 2.05) is 43.5 Å². The SMILES string of the molecule is Cc1cccc(C)c1-n1cc(CO)c(=O)cc1C. The van der Waals surface area contributed by atoms with Gasteiger partial charge in [0.05, 0.1) is 12.3 Å². The molecule has 1 N–H and O–H groups in total. The number of aliphatic hydroxyl groups excluding tert-OH is 1. The lowest BCUT2D eigenvalue weighted by molar-refractivity contribution is 0.280. The number of hydrogen-bond acceptors (Lipinski definition) is 2. The van der Waals surface area contributed by atoms with E-state index >= 15 is 0 Å². The first-order chi connectivity index (χ1) is 8.54. The maximum absolute atomic E-state index is 11.7. The van der Waals surface area contributed by atoms with Crippen LogP contribution in [0.1, 0.15) is 22.4 Å². The van der Waals surface area contributed by atoms with Crippen molar-refractivity contribution in [3.63, 3.8) is 0 Å². The molecule has 0 saturated carbocycles. The van der Waals surface area contributed by atoms with Crippen molar-refractivity contribution < 1.29 is 5.11 Å². The van der Waals surface area contributed by atoms with E-state index in [0.29, 0.717) is 5.56 Å². The Balaban J connectivity index is 2.75. The summed E-state index contributed by atoms with van der Waals surface area (Å²) < 4.78 is 1.97. The highest BCUT2D eigenvalue weighted by Crippen LogP contribution is 2.20. The van der Waals surface area contributed by atoms with Gasteiger partial charge >= 0.3 is 0 Å². The lowest BCUT2D eigenvalue weighted by Crippen LogP contribution is -2.15. The van der Waals surface area contributed by atoms with Crippen LogP contribution in [-0.4, -0.2) is 9.67 Å². The van der Waals surface area contributed by atoms with E-state index in [9.17, 15) is 9.90 Å². The molecule has 1 aromatic carbocycles. The summed E-state index contributed by atoms with van der Waals surface area (Å²) in [6.45, 7) is 5.75. The summed E-state index contributed by atoms with van der Waals surface area (Å²) in [4.78, 5) is 11.7. The third kappa shape index (κ3) is 2.09. The maximum Gasteiger partial charge on any atom is 0.187 e. The van der Waals surface area contributed by atoms with E-state index in [2.05, 4.69) is 0 Å². The number of aromatic nitrogens is 1. The predicted molar refractivity (Wildman–Crippen MR) is 72.2 cm³/mol. The van der Waals surface area contributed by atoms with Crippen molar-refractivity contribution in [2.24, 2.45) is 0 Å². The number of aliphatic hydroxyl groups is 1. The molecule has 0 amide bonds. The number of nitrogens with zero attached hydrogens (tertiary/aromatic N) is 1. The molecule has 18 heavy (non-hydrogen) atoms. The average Bonchev–Trinajstić information content (AvgIpc) is 2.31. The average molecular weight is 243 g/mol. The molecule has 0 atom stereocenters. The van der Waals surface area contributed by atoms with E-state index in [0.717, 1.165) is 22.5 Å². The highest BCUT2D eigenvalue weighted by atomic mass is 16.3. The van der Waals surface area contributed by atoms with Gasteiger partial charge in [-0.2, -0.15) is 0 Å². The van der Waals surface area contributed by atoms with Gasteiger partial charge in [0, 0.05) is 23.5 Å². The summed E-state index contributed by atoms with van der Waals surface area (Å²) in [5.74, 6) is 0. The van der Waals surface area contributed by atoms with Gasteiger partial charge in [-0.05, 0) is 31.9 Å². The Kier molecular flexibility index (Phi) is 3.34. The zero-order valence-corrected chi connectivity index (χ0v) is 10.9. The normalized spacial score (nSPS) is 10.7. The Morgan fingerprint density at radius 1 is 1.17 bits per heavy atom. The summed E-state index contributed by atoms with van der Waals surface area (Å²) in [6, 6.07) is 7.66. The number of pyridine rings is 1. The number of rotatable bonds is 2. The lowest BCUT2D eigenvalue weighted by atomic mass is 10.1. The summed E-state index contributed by atoms with van der Waals surface area (Å²) in [7, 11) is 0. The van der Waals surface area contributed by atoms with Crippen LogP contribution in [0.15, 0.2) is 35.3 Å². The first kappa shape index (κ1) is 12.6. The van der Waals surface area contributed by atoms with E-state index < -0.39 is 0 Å². The van der Waals surface area contributed by atoms with Gasteiger partial charge in [-0.15, -0.1) is 0 Å². The maximum atomic E-state index is 11.7. The van der Waals surface area contributed by atoms with Crippen molar-refractivity contribution in [1.82, 2.24) is 4.57 Å². The number of benzene rings is 1. The van der Waals surface area contributed by atoms with Crippen LogP contribution in [0.4, 0.5) is 0 Å². The van der Waals surface area contributed by atoms with Crippen molar-refractivity contribution in [3.05, 3.63) is 63.1 Å². The predicted octanol–water partition coefficient (Wildman–Crippen LogP) is 2.26. The van der Waals surface area contributed by atoms with Gasteiger partial charge in [-0.3, -0.25) is 4.79 Å². The number of para-hydroxylation sites is 1. The largest absolute Gasteiger partial charge is 0.391 e. The number of hydrogen-bond donors (Lipinski definition) is 1. The van der Waals surface area contributed by atoms with Crippen LogP contribution in [-0.2, 0) is 6.61 Å². The molecule has 0 unspecified atom stereocenters. The fourth-order valence-corrected chi connectivity index (χ4v) is 2.22. The van der Waals surface area contributed by atoms with Crippen LogP contribution >= 0.6 is 0 Å². The molecule has 3 heteroatoms. The van der Waals surface area contributed by atoms with Crippen molar-refractivity contribution in [2.75, 3.05) is 0 Å². The second-order valence-electron chi connectivity index (χ2n) is 4.57. The lowest BCUT2D eigenvalue weighted by Gasteiger charge is -2.17. The highest BCUT2D eigenvalue weighted by molar-refractivity contribution is 5.48. The van der Waals surface area contributed by atoms with Gasteiger partial charge < -0.3 is 9.67 Å². The smallest absolute Gasteiger partial charge is 0.187 e. The molecule has 94 valence electrons. The minimum Gasteiger partial charge on any atom is -0.391 e. The van der Waals surface area contributed by atoms with Gasteiger partial charge in [0.25, 0.3) is 0 Å². The molecule has 0 aliphatic heterocycles. The van der Waals surface area contributed by atoms with Crippen LogP contribution in [0.2, 0.25) is 0 Å². The zero-order valence-electron chi connectivity index (χ0n) is 10.9. The zero-order chi connectivity index (χ0) is 13.3. The van der Waals surface area contributed by atoms with Gasteiger partial charge in [0.2, 0.25) is 0 Å². The second-order valence-corrected chi connectivity index (χ2v) is 4.57. The molecule has 0 fully saturated rings. The number of aryl methyl sites for hydroxylation is 3. The Morgan fingerprint density at radius 2 is 1.78 bits per heavy atom. The van der Waals surface area contributed by atoms with Crippen molar-refractivity contribution in [3.8, 4) is 5.69 Å². The van der Waals surface area contributed by atoms with Crippen LogP contribution in [0, 0.1) is 20.8 Å². The monoisotopic (exact) mass is 243 g/mol. The fraction of sp³-hybridized carbons (Fsp3) is 0.267. The Labute approximate surface area is 106 Å². The molecule has 0 bridgehead atoms. The molecular formula is C15H17NO2. The third-order valence-corrected chi connectivity index (χ3v) is 3.17. The summed E-state index contributed by atoms with van der Waals surface area (Å²) >= 11 is 0. The molecule has 3 nitrogen and oxygen atoms in total. The topological polar surface area (TPSA) is 42.2 Å². The Bertz CT molecular complexity index is 621. The van der Waals surface area contributed by atoms with Gasteiger partial charge in [0.15, 0.2) is 5.43 Å². The molecule has 0 saturated heterocycles. The molecule has 0 spiro atoms. The van der Waals surface area contributed by atoms with Gasteiger partial charge in [-0.25, -0.2) is 0 Å². The summed E-state index contributed by atoms with van der Waals surface area (Å²) in [5.41, 5.74) is 4.54. The first-order valence-corrected chi connectivity index (χ1v) is 5.94. The molecule has 1 heterocycles. The molecule has 2 rings (SSSR count). The van der Waals surface area contributed by atoms with Crippen molar-refractivity contribution >= 4 is 0 Å². The van der Waals surface area contributed by atoms with Crippen LogP contribution < -0.4 is 5.43 Å². The summed E-state index contributed by atoms with van der Waals surface area (Å²) in [6.07, 6.45) is 1.73. The van der Waals surface area contributed by atoms with Gasteiger partial charge in [0.1, 0.15) is 0 Å². The third-order valence-electron chi connectivity index (χ3n) is 3.17.